The van der Waals surface area contributed by atoms with Crippen molar-refractivity contribution in [3.05, 3.63) is 18.2 Å². The molecule has 0 atom stereocenters. The van der Waals surface area contributed by atoms with Crippen LogP contribution >= 0.6 is 0 Å². The average Bonchev–Trinajstić information content (AvgIpc) is 2.90. The number of ether oxygens (including phenoxy) is 3. The van der Waals surface area contributed by atoms with Crippen LogP contribution < -0.4 is 24.8 Å². The molecule has 0 unspecified atom stereocenters. The lowest BCUT2D eigenvalue weighted by molar-refractivity contribution is -0.122. The van der Waals surface area contributed by atoms with Crippen LogP contribution in [0, 0.1) is 5.92 Å². The van der Waals surface area contributed by atoms with E-state index in [4.69, 9.17) is 14.2 Å². The summed E-state index contributed by atoms with van der Waals surface area (Å²) in [5.74, 6) is 1.48. The van der Waals surface area contributed by atoms with E-state index in [1.165, 1.54) is 0 Å². The van der Waals surface area contributed by atoms with E-state index < -0.39 is 11.9 Å². The minimum Gasteiger partial charge on any atom is -0.484 e. The molecule has 0 saturated heterocycles. The number of hydrogen-bond donors (Lipinski definition) is 2. The number of amides is 3. The van der Waals surface area contributed by atoms with Gasteiger partial charge in [0.05, 0.1) is 0 Å². The van der Waals surface area contributed by atoms with Crippen molar-refractivity contribution in [3.63, 3.8) is 0 Å². The molecule has 1 aliphatic heterocycles. The van der Waals surface area contributed by atoms with E-state index in [1.54, 1.807) is 18.2 Å². The van der Waals surface area contributed by atoms with Crippen LogP contribution in [0.15, 0.2) is 18.2 Å². The quantitative estimate of drug-likeness (QED) is 0.854. The summed E-state index contributed by atoms with van der Waals surface area (Å²) in [4.78, 5) is 22.9. The van der Waals surface area contributed by atoms with Gasteiger partial charge in [0, 0.05) is 12.6 Å². The highest BCUT2D eigenvalue weighted by atomic mass is 16.7. The van der Waals surface area contributed by atoms with Gasteiger partial charge in [-0.05, 0) is 18.1 Å². The number of carbonyl (C=O) groups is 2. The topological polar surface area (TPSA) is 85.9 Å². The Hall–Kier alpha value is -2.44. The third-order valence-electron chi connectivity index (χ3n) is 2.64. The van der Waals surface area contributed by atoms with E-state index in [1.807, 2.05) is 13.8 Å². The molecule has 7 nitrogen and oxygen atoms in total. The molecule has 3 amide bonds. The summed E-state index contributed by atoms with van der Waals surface area (Å²) < 4.78 is 15.7. The molecule has 1 aliphatic rings. The second kappa shape index (κ2) is 6.83. The second-order valence-electron chi connectivity index (χ2n) is 4.96. The molecular formula is C14H18N2O5. The summed E-state index contributed by atoms with van der Waals surface area (Å²) in [7, 11) is 0. The van der Waals surface area contributed by atoms with Gasteiger partial charge in [0.25, 0.3) is 5.91 Å². The van der Waals surface area contributed by atoms with Crippen LogP contribution in [0.3, 0.4) is 0 Å². The molecule has 0 fully saturated rings. The Balaban J connectivity index is 1.75. The fourth-order valence-electron chi connectivity index (χ4n) is 1.62. The summed E-state index contributed by atoms with van der Waals surface area (Å²) in [6.07, 6.45) is 0. The molecule has 2 N–H and O–H groups in total. The zero-order chi connectivity index (χ0) is 15.2. The molecule has 7 heteroatoms. The van der Waals surface area contributed by atoms with Gasteiger partial charge in [-0.2, -0.15) is 0 Å². The van der Waals surface area contributed by atoms with Crippen LogP contribution in [0.25, 0.3) is 0 Å². The largest absolute Gasteiger partial charge is 0.484 e. The average molecular weight is 294 g/mol. The highest BCUT2D eigenvalue weighted by Crippen LogP contribution is 2.34. The Kier molecular flexibility index (Phi) is 4.86. The van der Waals surface area contributed by atoms with Crippen molar-refractivity contribution in [2.45, 2.75) is 13.8 Å². The number of nitrogens with one attached hydrogen (secondary N) is 2. The Morgan fingerprint density at radius 2 is 2.05 bits per heavy atom. The number of fused-ring (bicyclic) bond motifs is 1. The summed E-state index contributed by atoms with van der Waals surface area (Å²) in [5.41, 5.74) is 0. The van der Waals surface area contributed by atoms with Gasteiger partial charge in [-0.25, -0.2) is 4.79 Å². The van der Waals surface area contributed by atoms with E-state index in [0.717, 1.165) is 0 Å². The molecule has 0 radical (unpaired) electrons. The number of hydrogen-bond acceptors (Lipinski definition) is 5. The van der Waals surface area contributed by atoms with Crippen molar-refractivity contribution in [1.29, 1.82) is 0 Å². The van der Waals surface area contributed by atoms with Crippen molar-refractivity contribution < 1.29 is 23.8 Å². The highest BCUT2D eigenvalue weighted by Gasteiger charge is 2.14. The minimum absolute atomic E-state index is 0.176. The summed E-state index contributed by atoms with van der Waals surface area (Å²) >= 11 is 0. The Labute approximate surface area is 122 Å². The molecular weight excluding hydrogens is 276 g/mol. The summed E-state index contributed by atoms with van der Waals surface area (Å²) in [6, 6.07) is 4.47. The Morgan fingerprint density at radius 1 is 1.29 bits per heavy atom. The first kappa shape index (κ1) is 15.0. The zero-order valence-corrected chi connectivity index (χ0v) is 12.0. The molecule has 0 spiro atoms. The highest BCUT2D eigenvalue weighted by molar-refractivity contribution is 5.94. The number of urea groups is 1. The van der Waals surface area contributed by atoms with E-state index in [9.17, 15) is 9.59 Å². The first-order chi connectivity index (χ1) is 10.0. The maximum absolute atomic E-state index is 11.6. The lowest BCUT2D eigenvalue weighted by atomic mass is 10.2. The van der Waals surface area contributed by atoms with Gasteiger partial charge in [-0.15, -0.1) is 0 Å². The van der Waals surface area contributed by atoms with E-state index >= 15 is 0 Å². The molecule has 1 heterocycles. The van der Waals surface area contributed by atoms with Gasteiger partial charge in [0.2, 0.25) is 6.79 Å². The van der Waals surface area contributed by atoms with E-state index in [-0.39, 0.29) is 13.4 Å². The smallest absolute Gasteiger partial charge is 0.321 e. The molecule has 1 aromatic carbocycles. The lowest BCUT2D eigenvalue weighted by Gasteiger charge is -2.09. The van der Waals surface area contributed by atoms with E-state index in [2.05, 4.69) is 10.6 Å². The summed E-state index contributed by atoms with van der Waals surface area (Å²) in [5, 5.41) is 4.77. The molecule has 0 saturated carbocycles. The van der Waals surface area contributed by atoms with E-state index in [0.29, 0.717) is 29.7 Å². The Morgan fingerprint density at radius 3 is 2.81 bits per heavy atom. The van der Waals surface area contributed by atoms with Gasteiger partial charge in [0.1, 0.15) is 5.75 Å². The van der Waals surface area contributed by atoms with Crippen molar-refractivity contribution in [2.24, 2.45) is 5.92 Å². The van der Waals surface area contributed by atoms with Gasteiger partial charge in [0.15, 0.2) is 18.1 Å². The monoisotopic (exact) mass is 294 g/mol. The molecule has 1 aromatic rings. The van der Waals surface area contributed by atoms with Crippen molar-refractivity contribution in [1.82, 2.24) is 10.6 Å². The maximum atomic E-state index is 11.6. The number of rotatable bonds is 5. The van der Waals surface area contributed by atoms with Crippen molar-refractivity contribution >= 4 is 11.9 Å². The van der Waals surface area contributed by atoms with Crippen molar-refractivity contribution in [3.8, 4) is 17.2 Å². The summed E-state index contributed by atoms with van der Waals surface area (Å²) in [6.45, 7) is 4.35. The van der Waals surface area contributed by atoms with Crippen LogP contribution in [0.1, 0.15) is 13.8 Å². The molecule has 114 valence electrons. The van der Waals surface area contributed by atoms with Gasteiger partial charge in [-0.3, -0.25) is 10.1 Å². The number of imide groups is 1. The predicted octanol–water partition coefficient (Wildman–Crippen LogP) is 1.28. The molecule has 0 bridgehead atoms. The fraction of sp³-hybridized carbons (Fsp3) is 0.429. The molecule has 2 rings (SSSR count). The third kappa shape index (κ3) is 4.55. The van der Waals surface area contributed by atoms with Crippen LogP contribution in [0.4, 0.5) is 4.79 Å². The SMILES string of the molecule is CC(C)CNC(=O)NC(=O)COc1ccc2c(c1)OCO2. The molecule has 21 heavy (non-hydrogen) atoms. The minimum atomic E-state index is -0.525. The van der Waals surface area contributed by atoms with Crippen LogP contribution in [0.5, 0.6) is 17.2 Å². The Bertz CT molecular complexity index is 530. The lowest BCUT2D eigenvalue weighted by Crippen LogP contribution is -2.42. The maximum Gasteiger partial charge on any atom is 0.321 e. The van der Waals surface area contributed by atoms with Crippen LogP contribution in [0.2, 0.25) is 0 Å². The standard InChI is InChI=1S/C14H18N2O5/c1-9(2)6-15-14(18)16-13(17)7-19-10-3-4-11-12(5-10)21-8-20-11/h3-5,9H,6-8H2,1-2H3,(H2,15,16,17,18). The van der Waals surface area contributed by atoms with Gasteiger partial charge >= 0.3 is 6.03 Å². The first-order valence-electron chi connectivity index (χ1n) is 6.64. The molecule has 0 aromatic heterocycles. The van der Waals surface area contributed by atoms with Gasteiger partial charge < -0.3 is 19.5 Å². The van der Waals surface area contributed by atoms with Crippen LogP contribution in [-0.2, 0) is 4.79 Å². The van der Waals surface area contributed by atoms with Crippen LogP contribution in [-0.4, -0.2) is 31.9 Å². The first-order valence-corrected chi connectivity index (χ1v) is 6.64. The number of benzene rings is 1. The third-order valence-corrected chi connectivity index (χ3v) is 2.64. The predicted molar refractivity (Wildman–Crippen MR) is 74.4 cm³/mol. The normalized spacial score (nSPS) is 12.1. The zero-order valence-electron chi connectivity index (χ0n) is 12.0. The fourth-order valence-corrected chi connectivity index (χ4v) is 1.62. The number of carbonyl (C=O) groups excluding carboxylic acids is 2. The molecule has 0 aliphatic carbocycles. The second-order valence-corrected chi connectivity index (χ2v) is 4.96. The van der Waals surface area contributed by atoms with Crippen molar-refractivity contribution in [2.75, 3.05) is 19.9 Å². The van der Waals surface area contributed by atoms with Gasteiger partial charge in [-0.1, -0.05) is 13.8 Å².